The van der Waals surface area contributed by atoms with E-state index in [4.69, 9.17) is 17.0 Å². The summed E-state index contributed by atoms with van der Waals surface area (Å²) < 4.78 is 60.0. The molecule has 1 aliphatic carbocycles. The van der Waals surface area contributed by atoms with Gasteiger partial charge in [0, 0.05) is 43.3 Å². The Kier molecular flexibility index (Phi) is 7.34. The van der Waals surface area contributed by atoms with Crippen LogP contribution in [0, 0.1) is 17.1 Å². The maximum absolute atomic E-state index is 13.9. The van der Waals surface area contributed by atoms with Crippen LogP contribution in [0.25, 0.3) is 11.1 Å². The molecule has 2 aromatic heterocycles. The first kappa shape index (κ1) is 27.7. The molecule has 4 aromatic rings. The van der Waals surface area contributed by atoms with Crippen LogP contribution in [-0.4, -0.2) is 24.8 Å². The van der Waals surface area contributed by atoms with Gasteiger partial charge in [-0.15, -0.1) is 0 Å². The van der Waals surface area contributed by atoms with Crippen LogP contribution in [-0.2, 0) is 26.3 Å². The van der Waals surface area contributed by atoms with Gasteiger partial charge in [0.15, 0.2) is 5.69 Å². The zero-order chi connectivity index (χ0) is 28.8. The number of imidazole rings is 1. The first-order valence-corrected chi connectivity index (χ1v) is 13.1. The lowest BCUT2D eigenvalue weighted by Gasteiger charge is -2.20. The summed E-state index contributed by atoms with van der Waals surface area (Å²) in [5, 5.41) is 14.9. The van der Waals surface area contributed by atoms with Gasteiger partial charge in [-0.1, -0.05) is 17.7 Å². The van der Waals surface area contributed by atoms with Crippen LogP contribution in [0.3, 0.4) is 0 Å². The Morgan fingerprint density at radius 2 is 1.95 bits per heavy atom. The van der Waals surface area contributed by atoms with Gasteiger partial charge < -0.3 is 14.5 Å². The fourth-order valence-corrected chi connectivity index (χ4v) is 4.94. The predicted molar refractivity (Wildman–Crippen MR) is 141 cm³/mol. The van der Waals surface area contributed by atoms with Crippen molar-refractivity contribution in [2.24, 2.45) is 13.0 Å². The average Bonchev–Trinajstić information content (AvgIpc) is 3.57. The third-order valence-electron chi connectivity index (χ3n) is 7.03. The minimum Gasteiger partial charge on any atom is -0.345 e. The van der Waals surface area contributed by atoms with Gasteiger partial charge in [-0.05, 0) is 72.7 Å². The van der Waals surface area contributed by atoms with Gasteiger partial charge in [0.05, 0.1) is 17.6 Å². The van der Waals surface area contributed by atoms with E-state index in [1.807, 2.05) is 0 Å². The summed E-state index contributed by atoms with van der Waals surface area (Å²) in [6.07, 6.45) is 1.74. The molecule has 1 aliphatic rings. The quantitative estimate of drug-likeness (QED) is 0.256. The van der Waals surface area contributed by atoms with Crippen molar-refractivity contribution in [1.82, 2.24) is 24.2 Å². The second kappa shape index (κ2) is 10.6. The molecule has 40 heavy (non-hydrogen) atoms. The van der Waals surface area contributed by atoms with Crippen molar-refractivity contribution >= 4 is 17.5 Å². The number of carbonyl (C=O) groups is 1. The summed E-state index contributed by atoms with van der Waals surface area (Å²) in [6.45, 7) is 2.09. The number of nitrogens with one attached hydrogen (secondary N) is 2. The molecular formula is C28H27ClF4N6O. The van der Waals surface area contributed by atoms with E-state index in [9.17, 15) is 22.4 Å². The molecule has 12 heteroatoms. The van der Waals surface area contributed by atoms with E-state index in [0.717, 1.165) is 12.8 Å². The van der Waals surface area contributed by atoms with Gasteiger partial charge in [-0.2, -0.15) is 18.3 Å². The van der Waals surface area contributed by atoms with Crippen molar-refractivity contribution < 1.29 is 22.4 Å². The van der Waals surface area contributed by atoms with E-state index < -0.39 is 29.6 Å². The van der Waals surface area contributed by atoms with E-state index in [0.29, 0.717) is 11.1 Å². The normalized spacial score (nSPS) is 14.4. The van der Waals surface area contributed by atoms with Gasteiger partial charge in [0.25, 0.3) is 5.91 Å². The molecule has 2 heterocycles. The van der Waals surface area contributed by atoms with E-state index in [1.54, 1.807) is 53.7 Å². The minimum atomic E-state index is -4.70. The predicted octanol–water partition coefficient (Wildman–Crippen LogP) is 5.93. The Morgan fingerprint density at radius 1 is 1.20 bits per heavy atom. The molecule has 1 saturated carbocycles. The van der Waals surface area contributed by atoms with Crippen LogP contribution in [0.15, 0.2) is 55.0 Å². The Labute approximate surface area is 232 Å². The largest absolute Gasteiger partial charge is 0.435 e. The Bertz CT molecular complexity index is 1630. The van der Waals surface area contributed by atoms with Crippen LogP contribution in [0.4, 0.5) is 17.6 Å². The lowest BCUT2D eigenvalue weighted by molar-refractivity contribution is -0.141. The summed E-state index contributed by atoms with van der Waals surface area (Å²) in [6, 6.07) is 8.48. The van der Waals surface area contributed by atoms with E-state index in [-0.39, 0.29) is 46.3 Å². The molecule has 0 saturated heterocycles. The molecule has 0 bridgehead atoms. The molecule has 7 nitrogen and oxygen atoms in total. The average molecular weight is 575 g/mol. The zero-order valence-electron chi connectivity index (χ0n) is 21.8. The summed E-state index contributed by atoms with van der Waals surface area (Å²) in [4.78, 5) is 13.6. The number of aromatic nitrogens is 4. The molecule has 0 radical (unpaired) electrons. The second-order valence-electron chi connectivity index (χ2n) is 9.99. The van der Waals surface area contributed by atoms with Gasteiger partial charge in [0.2, 0.25) is 5.62 Å². The van der Waals surface area contributed by atoms with Gasteiger partial charge >= 0.3 is 6.18 Å². The first-order valence-electron chi connectivity index (χ1n) is 12.8. The first-order chi connectivity index (χ1) is 18.9. The number of benzene rings is 2. The molecule has 1 amide bonds. The number of amides is 1. The molecule has 5 rings (SSSR count). The highest BCUT2D eigenvalue weighted by molar-refractivity contribution is 6.30. The van der Waals surface area contributed by atoms with E-state index in [1.165, 1.54) is 29.1 Å². The number of rotatable bonds is 8. The summed E-state index contributed by atoms with van der Waals surface area (Å²) in [5.41, 5.74) is 0.547. The van der Waals surface area contributed by atoms with Crippen molar-refractivity contribution in [1.29, 1.82) is 5.41 Å². The van der Waals surface area contributed by atoms with Crippen molar-refractivity contribution in [3.05, 3.63) is 93.8 Å². The molecule has 0 spiro atoms. The number of alkyl halides is 3. The molecule has 2 aromatic carbocycles. The highest BCUT2D eigenvalue weighted by atomic mass is 35.5. The zero-order valence-corrected chi connectivity index (χ0v) is 22.5. The number of hydrogen-bond donors (Lipinski definition) is 2. The Morgan fingerprint density at radius 3 is 2.55 bits per heavy atom. The topological polar surface area (TPSA) is 80.6 Å². The van der Waals surface area contributed by atoms with Gasteiger partial charge in [0.1, 0.15) is 5.82 Å². The molecule has 210 valence electrons. The summed E-state index contributed by atoms with van der Waals surface area (Å²) in [7, 11) is 1.71. The molecule has 2 N–H and O–H groups in total. The van der Waals surface area contributed by atoms with Crippen molar-refractivity contribution in [2.45, 2.75) is 45.1 Å². The minimum absolute atomic E-state index is 0.0552. The van der Waals surface area contributed by atoms with Crippen molar-refractivity contribution in [2.75, 3.05) is 0 Å². The molecule has 0 aliphatic heterocycles. The fourth-order valence-electron chi connectivity index (χ4n) is 4.76. The lowest BCUT2D eigenvalue weighted by atomic mass is 9.98. The lowest BCUT2D eigenvalue weighted by Crippen LogP contribution is -2.30. The number of carbonyl (C=O) groups excluding carboxylic acids is 1. The molecular weight excluding hydrogens is 548 g/mol. The fraction of sp³-hybridized carbons (Fsp3) is 0.321. The number of halogens is 5. The van der Waals surface area contributed by atoms with Crippen molar-refractivity contribution in [3.63, 3.8) is 0 Å². The van der Waals surface area contributed by atoms with E-state index in [2.05, 4.69) is 10.4 Å². The number of nitrogens with zero attached hydrogens (tertiary/aromatic N) is 4. The summed E-state index contributed by atoms with van der Waals surface area (Å²) in [5.74, 6) is -0.913. The SMILES string of the molecule is CCn1cc(-c2cc(Cn3ccn(C)c3=N)cc(C(=O)NC(c3ccc(F)c(Cl)c3)C3CC3)c2)c(C(F)(F)F)n1. The van der Waals surface area contributed by atoms with Gasteiger partial charge in [-0.25, -0.2) is 4.39 Å². The van der Waals surface area contributed by atoms with Gasteiger partial charge in [-0.3, -0.25) is 14.9 Å². The molecule has 1 fully saturated rings. The van der Waals surface area contributed by atoms with E-state index >= 15 is 0 Å². The third kappa shape index (κ3) is 5.70. The highest BCUT2D eigenvalue weighted by Gasteiger charge is 2.38. The summed E-state index contributed by atoms with van der Waals surface area (Å²) >= 11 is 6.00. The maximum atomic E-state index is 13.9. The smallest absolute Gasteiger partial charge is 0.345 e. The monoisotopic (exact) mass is 574 g/mol. The number of aryl methyl sites for hydroxylation is 2. The number of hydrogen-bond acceptors (Lipinski definition) is 3. The maximum Gasteiger partial charge on any atom is 0.435 e. The Balaban J connectivity index is 1.57. The molecule has 1 atom stereocenters. The van der Waals surface area contributed by atoms with Crippen LogP contribution >= 0.6 is 11.6 Å². The van der Waals surface area contributed by atoms with Crippen LogP contribution in [0.5, 0.6) is 0 Å². The van der Waals surface area contributed by atoms with Crippen LogP contribution in [0.1, 0.15) is 53.0 Å². The Hall–Kier alpha value is -3.86. The van der Waals surface area contributed by atoms with Crippen molar-refractivity contribution in [3.8, 4) is 11.1 Å². The third-order valence-corrected chi connectivity index (χ3v) is 7.32. The second-order valence-corrected chi connectivity index (χ2v) is 10.4. The highest BCUT2D eigenvalue weighted by Crippen LogP contribution is 2.42. The standard InChI is InChI=1S/C28H27ClF4N6O/c1-3-39-15-21(25(36-39)28(31,32)33)19-10-16(14-38-9-8-37(2)27(38)34)11-20(12-19)26(40)35-24(17-4-5-17)18-6-7-23(30)22(29)13-18/h6-13,15,17,24,34H,3-5,14H2,1-2H3,(H,35,40). The molecule has 1 unspecified atom stereocenters. The van der Waals surface area contributed by atoms with Crippen LogP contribution in [0.2, 0.25) is 5.02 Å². The van der Waals surface area contributed by atoms with Crippen LogP contribution < -0.4 is 10.9 Å².